The zero-order chi connectivity index (χ0) is 21.8. The van der Waals surface area contributed by atoms with Gasteiger partial charge >= 0.3 is 6.03 Å². The molecule has 6 nitrogen and oxygen atoms in total. The van der Waals surface area contributed by atoms with Crippen molar-refractivity contribution < 1.29 is 9.59 Å². The molecule has 1 aromatic carbocycles. The zero-order valence-corrected chi connectivity index (χ0v) is 19.6. The fourth-order valence-electron chi connectivity index (χ4n) is 4.18. The van der Waals surface area contributed by atoms with Gasteiger partial charge in [-0.2, -0.15) is 0 Å². The van der Waals surface area contributed by atoms with Gasteiger partial charge < -0.3 is 20.0 Å². The van der Waals surface area contributed by atoms with Gasteiger partial charge in [0.15, 0.2) is 0 Å². The van der Waals surface area contributed by atoms with Gasteiger partial charge in [-0.15, -0.1) is 11.3 Å². The molecule has 1 unspecified atom stereocenters. The molecule has 1 N–H and O–H groups in total. The lowest BCUT2D eigenvalue weighted by molar-refractivity contribution is -0.137. The summed E-state index contributed by atoms with van der Waals surface area (Å²) in [7, 11) is 0. The minimum Gasteiger partial charge on any atom is -0.368 e. The molecule has 1 atom stereocenters. The summed E-state index contributed by atoms with van der Waals surface area (Å²) in [5, 5.41) is 6.05. The van der Waals surface area contributed by atoms with Gasteiger partial charge in [-0.3, -0.25) is 4.79 Å². The molecular weight excluding hydrogens is 455 g/mol. The first-order valence-electron chi connectivity index (χ1n) is 10.5. The largest absolute Gasteiger partial charge is 0.368 e. The minimum absolute atomic E-state index is 0.0877. The molecule has 2 fully saturated rings. The summed E-state index contributed by atoms with van der Waals surface area (Å²) in [5.74, 6) is 0.0299. The number of benzene rings is 1. The number of thiophene rings is 1. The van der Waals surface area contributed by atoms with E-state index < -0.39 is 0 Å². The lowest BCUT2D eigenvalue weighted by Crippen LogP contribution is -2.54. The second-order valence-corrected chi connectivity index (χ2v) is 9.78. The Morgan fingerprint density at radius 1 is 1.03 bits per heavy atom. The van der Waals surface area contributed by atoms with E-state index in [9.17, 15) is 9.59 Å². The topological polar surface area (TPSA) is 55.9 Å². The Kier molecular flexibility index (Phi) is 7.25. The Labute approximate surface area is 196 Å². The van der Waals surface area contributed by atoms with E-state index in [1.165, 1.54) is 0 Å². The van der Waals surface area contributed by atoms with E-state index in [2.05, 4.69) is 10.2 Å². The van der Waals surface area contributed by atoms with Crippen LogP contribution in [0, 0.1) is 5.92 Å². The van der Waals surface area contributed by atoms with Crippen LogP contribution in [0.15, 0.2) is 35.7 Å². The summed E-state index contributed by atoms with van der Waals surface area (Å²) < 4.78 is 0. The Morgan fingerprint density at radius 3 is 2.55 bits per heavy atom. The fourth-order valence-corrected chi connectivity index (χ4v) is 5.11. The van der Waals surface area contributed by atoms with E-state index in [0.717, 1.165) is 36.5 Å². The molecule has 2 saturated heterocycles. The molecule has 0 radical (unpaired) electrons. The van der Waals surface area contributed by atoms with Gasteiger partial charge in [-0.1, -0.05) is 29.3 Å². The Hall–Kier alpha value is -1.96. The highest BCUT2D eigenvalue weighted by Crippen LogP contribution is 2.28. The highest BCUT2D eigenvalue weighted by molar-refractivity contribution is 7.09. The van der Waals surface area contributed by atoms with Crippen molar-refractivity contribution in [3.05, 3.63) is 50.6 Å². The van der Waals surface area contributed by atoms with Crippen LogP contribution in [0.3, 0.4) is 0 Å². The molecule has 3 amide bonds. The number of rotatable bonds is 4. The van der Waals surface area contributed by atoms with Crippen molar-refractivity contribution in [3.63, 3.8) is 0 Å². The second kappa shape index (κ2) is 10.1. The zero-order valence-electron chi connectivity index (χ0n) is 17.2. The number of hydrogen-bond donors (Lipinski definition) is 1. The number of urea groups is 1. The van der Waals surface area contributed by atoms with Crippen LogP contribution in [0.2, 0.25) is 10.0 Å². The second-order valence-electron chi connectivity index (χ2n) is 7.93. The fraction of sp³-hybridized carbons (Fsp3) is 0.455. The predicted molar refractivity (Wildman–Crippen MR) is 126 cm³/mol. The van der Waals surface area contributed by atoms with Gasteiger partial charge in [0.05, 0.1) is 22.5 Å². The molecule has 31 heavy (non-hydrogen) atoms. The third-order valence-corrected chi connectivity index (χ3v) is 7.53. The predicted octanol–water partition coefficient (Wildman–Crippen LogP) is 4.33. The van der Waals surface area contributed by atoms with Crippen molar-refractivity contribution in [1.29, 1.82) is 0 Å². The quantitative estimate of drug-likeness (QED) is 0.708. The molecule has 3 heterocycles. The molecule has 166 valence electrons. The number of likely N-dealkylation sites (tertiary alicyclic amines) is 1. The first kappa shape index (κ1) is 22.2. The van der Waals surface area contributed by atoms with Crippen molar-refractivity contribution in [2.24, 2.45) is 5.92 Å². The van der Waals surface area contributed by atoms with Crippen molar-refractivity contribution in [3.8, 4) is 0 Å². The van der Waals surface area contributed by atoms with Gasteiger partial charge in [0, 0.05) is 49.8 Å². The van der Waals surface area contributed by atoms with Crippen LogP contribution in [0.4, 0.5) is 10.5 Å². The first-order chi connectivity index (χ1) is 15.0. The Balaban J connectivity index is 1.28. The number of nitrogens with zero attached hydrogens (tertiary/aromatic N) is 3. The van der Waals surface area contributed by atoms with Crippen LogP contribution in [0.25, 0.3) is 0 Å². The Bertz CT molecular complexity index is 916. The SMILES string of the molecule is O=C(NCc1cccs1)N1CCCC(C(=O)N2CCN(c3ccc(Cl)c(Cl)c3)CC2)C1. The smallest absolute Gasteiger partial charge is 0.317 e. The average Bonchev–Trinajstić information content (AvgIpc) is 3.33. The maximum absolute atomic E-state index is 13.1. The average molecular weight is 481 g/mol. The van der Waals surface area contributed by atoms with E-state index in [1.54, 1.807) is 22.3 Å². The van der Waals surface area contributed by atoms with Crippen LogP contribution in [0.1, 0.15) is 17.7 Å². The van der Waals surface area contributed by atoms with E-state index in [1.807, 2.05) is 34.5 Å². The highest BCUT2D eigenvalue weighted by Gasteiger charge is 2.32. The number of carbonyl (C=O) groups is 2. The van der Waals surface area contributed by atoms with Gasteiger partial charge in [-0.05, 0) is 42.5 Å². The molecule has 0 aliphatic carbocycles. The number of anilines is 1. The molecule has 2 aliphatic rings. The maximum Gasteiger partial charge on any atom is 0.317 e. The number of piperidine rings is 1. The number of hydrogen-bond acceptors (Lipinski definition) is 4. The molecule has 2 aromatic rings. The summed E-state index contributed by atoms with van der Waals surface area (Å²) in [6.07, 6.45) is 1.69. The summed E-state index contributed by atoms with van der Waals surface area (Å²) in [6, 6.07) is 9.52. The van der Waals surface area contributed by atoms with Crippen molar-refractivity contribution in [2.75, 3.05) is 44.2 Å². The number of piperazine rings is 1. The van der Waals surface area contributed by atoms with Crippen LogP contribution in [0.5, 0.6) is 0 Å². The molecule has 2 aliphatic heterocycles. The number of amides is 3. The van der Waals surface area contributed by atoms with Gasteiger partial charge in [0.1, 0.15) is 0 Å². The first-order valence-corrected chi connectivity index (χ1v) is 12.2. The van der Waals surface area contributed by atoms with Crippen LogP contribution >= 0.6 is 34.5 Å². The van der Waals surface area contributed by atoms with Gasteiger partial charge in [-0.25, -0.2) is 4.79 Å². The number of nitrogens with one attached hydrogen (secondary N) is 1. The van der Waals surface area contributed by atoms with Crippen LogP contribution in [-0.4, -0.2) is 61.0 Å². The Morgan fingerprint density at radius 2 is 1.84 bits per heavy atom. The molecule has 4 rings (SSSR count). The van der Waals surface area contributed by atoms with Gasteiger partial charge in [0.25, 0.3) is 0 Å². The summed E-state index contributed by atoms with van der Waals surface area (Å²) in [6.45, 7) is 4.55. The van der Waals surface area contributed by atoms with E-state index in [-0.39, 0.29) is 17.9 Å². The third-order valence-electron chi connectivity index (χ3n) is 5.91. The minimum atomic E-state index is -0.127. The van der Waals surface area contributed by atoms with Crippen molar-refractivity contribution >= 4 is 52.2 Å². The van der Waals surface area contributed by atoms with E-state index >= 15 is 0 Å². The van der Waals surface area contributed by atoms with Gasteiger partial charge in [0.2, 0.25) is 5.91 Å². The summed E-state index contributed by atoms with van der Waals surface area (Å²) in [4.78, 5) is 32.7. The van der Waals surface area contributed by atoms with Crippen LogP contribution < -0.4 is 10.2 Å². The molecule has 0 spiro atoms. The lowest BCUT2D eigenvalue weighted by atomic mass is 9.96. The van der Waals surface area contributed by atoms with Crippen molar-refractivity contribution in [2.45, 2.75) is 19.4 Å². The molecule has 0 saturated carbocycles. The van der Waals surface area contributed by atoms with E-state index in [0.29, 0.717) is 42.8 Å². The lowest BCUT2D eigenvalue weighted by Gasteiger charge is -2.39. The molecule has 9 heteroatoms. The number of carbonyl (C=O) groups excluding carboxylic acids is 2. The molecular formula is C22H26Cl2N4O2S. The standard InChI is InChI=1S/C22H26Cl2N4O2S/c23-19-6-5-17(13-20(19)24)26-8-10-27(11-9-26)21(29)16-3-1-7-28(15-16)22(30)25-14-18-4-2-12-31-18/h2,4-6,12-13,16H,1,3,7-11,14-15H2,(H,25,30). The van der Waals surface area contributed by atoms with E-state index in [4.69, 9.17) is 23.2 Å². The maximum atomic E-state index is 13.1. The highest BCUT2D eigenvalue weighted by atomic mass is 35.5. The summed E-state index contributed by atoms with van der Waals surface area (Å²) >= 11 is 13.8. The number of halogens is 2. The molecule has 0 bridgehead atoms. The summed E-state index contributed by atoms with van der Waals surface area (Å²) in [5.41, 5.74) is 1.02. The van der Waals surface area contributed by atoms with Crippen LogP contribution in [-0.2, 0) is 11.3 Å². The van der Waals surface area contributed by atoms with Crippen molar-refractivity contribution in [1.82, 2.24) is 15.1 Å². The monoisotopic (exact) mass is 480 g/mol. The normalized spacial score (nSPS) is 19.4. The molecule has 1 aromatic heterocycles. The third kappa shape index (κ3) is 5.45.